The molecular weight excluding hydrogens is 493 g/mol. The smallest absolute Gasteiger partial charge is 0.241 e. The third kappa shape index (κ3) is 8.91. The van der Waals surface area contributed by atoms with Crippen LogP contribution in [0.5, 0.6) is 5.75 Å². The second-order valence-corrected chi connectivity index (χ2v) is 10.8. The number of amides is 1. The van der Waals surface area contributed by atoms with Gasteiger partial charge in [-0.15, -0.1) is 0 Å². The number of carbonyl (C=O) groups is 1. The zero-order valence-electron chi connectivity index (χ0n) is 17.9. The van der Waals surface area contributed by atoms with E-state index in [0.717, 1.165) is 0 Å². The zero-order valence-corrected chi connectivity index (χ0v) is 21.0. The van der Waals surface area contributed by atoms with Crippen LogP contribution in [0.4, 0.5) is 5.69 Å². The van der Waals surface area contributed by atoms with E-state index in [2.05, 4.69) is 15.4 Å². The average molecular weight is 518 g/mol. The minimum atomic E-state index is -3.63. The topological polar surface area (TPSA) is 96.5 Å². The Labute approximate surface area is 203 Å². The van der Waals surface area contributed by atoms with Gasteiger partial charge in [-0.2, -0.15) is 0 Å². The molecule has 7 nitrogen and oxygen atoms in total. The Hall–Kier alpha value is -1.91. The van der Waals surface area contributed by atoms with Gasteiger partial charge in [-0.1, -0.05) is 23.2 Å². The van der Waals surface area contributed by atoms with Crippen molar-refractivity contribution in [3.05, 3.63) is 52.5 Å². The minimum absolute atomic E-state index is 0.111. The number of sulfonamides is 1. The maximum Gasteiger partial charge on any atom is 0.241 e. The van der Waals surface area contributed by atoms with E-state index in [1.807, 2.05) is 0 Å². The van der Waals surface area contributed by atoms with Gasteiger partial charge in [0.15, 0.2) is 5.11 Å². The molecule has 0 saturated carbocycles. The molecule has 0 saturated heterocycles. The third-order valence-corrected chi connectivity index (χ3v) is 6.32. The highest BCUT2D eigenvalue weighted by atomic mass is 35.5. The van der Waals surface area contributed by atoms with Crippen LogP contribution in [0.15, 0.2) is 47.4 Å². The van der Waals surface area contributed by atoms with Gasteiger partial charge in [0.2, 0.25) is 15.9 Å². The van der Waals surface area contributed by atoms with Gasteiger partial charge in [0, 0.05) is 22.7 Å². The normalized spacial score (nSPS) is 11.7. The van der Waals surface area contributed by atoms with E-state index in [9.17, 15) is 13.2 Å². The molecule has 0 aromatic heterocycles. The fourth-order valence-corrected chi connectivity index (χ4v) is 4.65. The summed E-state index contributed by atoms with van der Waals surface area (Å²) < 4.78 is 32.8. The van der Waals surface area contributed by atoms with Crippen molar-refractivity contribution in [1.82, 2.24) is 10.0 Å². The minimum Gasteiger partial charge on any atom is -0.492 e. The number of hydrogen-bond acceptors (Lipinski definition) is 5. The molecule has 11 heteroatoms. The first-order chi connectivity index (χ1) is 14.9. The van der Waals surface area contributed by atoms with Crippen molar-refractivity contribution >= 4 is 62.2 Å². The lowest BCUT2D eigenvalue weighted by molar-refractivity contribution is -0.119. The number of anilines is 1. The van der Waals surface area contributed by atoms with Gasteiger partial charge in [-0.3, -0.25) is 4.79 Å². The fraction of sp³-hybridized carbons (Fsp3) is 0.333. The van der Waals surface area contributed by atoms with Crippen LogP contribution in [-0.4, -0.2) is 31.6 Å². The van der Waals surface area contributed by atoms with Crippen molar-refractivity contribution in [2.45, 2.75) is 44.0 Å². The van der Waals surface area contributed by atoms with Gasteiger partial charge in [-0.25, -0.2) is 13.1 Å². The summed E-state index contributed by atoms with van der Waals surface area (Å²) in [7, 11) is -3.63. The Bertz CT molecular complexity index is 1070. The molecule has 2 aromatic rings. The van der Waals surface area contributed by atoms with Crippen LogP contribution >= 0.6 is 35.4 Å². The molecule has 2 aromatic carbocycles. The standard InChI is InChI=1S/C21H25Cl2N3O4S2/c1-21(2,3)26-32(28,29)16-9-7-15(8-10-16)24-20(31)25-19(27)5-4-12-30-18-11-6-14(22)13-17(18)23/h6-11,13,26H,4-5,12H2,1-3H3,(H2,24,25,27,31). The summed E-state index contributed by atoms with van der Waals surface area (Å²) in [4.78, 5) is 12.2. The van der Waals surface area contributed by atoms with Gasteiger partial charge >= 0.3 is 0 Å². The first kappa shape index (κ1) is 26.3. The molecule has 0 aliphatic carbocycles. The lowest BCUT2D eigenvalue weighted by atomic mass is 10.1. The Kier molecular flexibility index (Phi) is 9.29. The van der Waals surface area contributed by atoms with E-state index < -0.39 is 15.6 Å². The van der Waals surface area contributed by atoms with Crippen molar-refractivity contribution in [3.63, 3.8) is 0 Å². The summed E-state index contributed by atoms with van der Waals surface area (Å²) in [5, 5.41) is 6.45. The van der Waals surface area contributed by atoms with Crippen molar-refractivity contribution in [1.29, 1.82) is 0 Å². The van der Waals surface area contributed by atoms with Crippen LogP contribution in [-0.2, 0) is 14.8 Å². The summed E-state index contributed by atoms with van der Waals surface area (Å²) in [5.74, 6) is 0.221. The van der Waals surface area contributed by atoms with Gasteiger partial charge in [0.1, 0.15) is 5.75 Å². The highest BCUT2D eigenvalue weighted by molar-refractivity contribution is 7.89. The fourth-order valence-electron chi connectivity index (χ4n) is 2.54. The summed E-state index contributed by atoms with van der Waals surface area (Å²) in [6, 6.07) is 11.0. The molecule has 1 amide bonds. The van der Waals surface area contributed by atoms with Crippen LogP contribution in [0.1, 0.15) is 33.6 Å². The molecule has 3 N–H and O–H groups in total. The molecule has 0 atom stereocenters. The number of carbonyl (C=O) groups excluding carboxylic acids is 1. The molecule has 2 rings (SSSR count). The van der Waals surface area contributed by atoms with E-state index in [0.29, 0.717) is 34.5 Å². The van der Waals surface area contributed by atoms with Crippen molar-refractivity contribution in [2.75, 3.05) is 11.9 Å². The zero-order chi connectivity index (χ0) is 23.9. The summed E-state index contributed by atoms with van der Waals surface area (Å²) in [5.41, 5.74) is -0.0426. The maximum absolute atomic E-state index is 12.3. The maximum atomic E-state index is 12.3. The molecule has 174 valence electrons. The number of benzene rings is 2. The van der Waals surface area contributed by atoms with Gasteiger partial charge in [0.25, 0.3) is 0 Å². The molecule has 0 radical (unpaired) electrons. The molecule has 0 aliphatic rings. The highest BCUT2D eigenvalue weighted by Gasteiger charge is 2.21. The number of thiocarbonyl (C=S) groups is 1. The first-order valence-corrected chi connectivity index (χ1v) is 12.3. The predicted octanol–water partition coefficient (Wildman–Crippen LogP) is 4.74. The van der Waals surface area contributed by atoms with E-state index in [-0.39, 0.29) is 22.3 Å². The van der Waals surface area contributed by atoms with Crippen LogP contribution in [0.2, 0.25) is 10.0 Å². The molecule has 0 unspecified atom stereocenters. The van der Waals surface area contributed by atoms with Crippen molar-refractivity contribution in [2.24, 2.45) is 0 Å². The predicted molar refractivity (Wildman–Crippen MR) is 132 cm³/mol. The second kappa shape index (κ2) is 11.3. The SMILES string of the molecule is CC(C)(C)NS(=O)(=O)c1ccc(NC(=S)NC(=O)CCCOc2ccc(Cl)cc2Cl)cc1. The lowest BCUT2D eigenvalue weighted by Crippen LogP contribution is -2.40. The molecule has 32 heavy (non-hydrogen) atoms. The van der Waals surface area contributed by atoms with Crippen molar-refractivity contribution < 1.29 is 17.9 Å². The van der Waals surface area contributed by atoms with Crippen LogP contribution in [0.3, 0.4) is 0 Å². The van der Waals surface area contributed by atoms with E-state index >= 15 is 0 Å². The molecule has 0 bridgehead atoms. The number of nitrogens with one attached hydrogen (secondary N) is 3. The van der Waals surface area contributed by atoms with E-state index in [1.54, 1.807) is 51.1 Å². The Morgan fingerprint density at radius 1 is 1.09 bits per heavy atom. The monoisotopic (exact) mass is 517 g/mol. The average Bonchev–Trinajstić information content (AvgIpc) is 2.65. The molecule has 0 heterocycles. The number of halogens is 2. The van der Waals surface area contributed by atoms with Crippen LogP contribution in [0.25, 0.3) is 0 Å². The first-order valence-electron chi connectivity index (χ1n) is 9.68. The summed E-state index contributed by atoms with van der Waals surface area (Å²) in [6.07, 6.45) is 0.656. The van der Waals surface area contributed by atoms with Crippen molar-refractivity contribution in [3.8, 4) is 5.75 Å². The van der Waals surface area contributed by atoms with Gasteiger partial charge in [-0.05, 0) is 81.9 Å². The molecule has 0 aliphatic heterocycles. The summed E-state index contributed by atoms with van der Waals surface area (Å²) >= 11 is 17.0. The van der Waals surface area contributed by atoms with Gasteiger partial charge < -0.3 is 15.4 Å². The second-order valence-electron chi connectivity index (χ2n) is 7.91. The quantitative estimate of drug-likeness (QED) is 0.345. The van der Waals surface area contributed by atoms with E-state index in [1.165, 1.54) is 12.1 Å². The molecule has 0 fully saturated rings. The van der Waals surface area contributed by atoms with Crippen LogP contribution < -0.4 is 20.1 Å². The number of rotatable bonds is 8. The van der Waals surface area contributed by atoms with Gasteiger partial charge in [0.05, 0.1) is 16.5 Å². The Morgan fingerprint density at radius 2 is 1.75 bits per heavy atom. The van der Waals surface area contributed by atoms with E-state index in [4.69, 9.17) is 40.2 Å². The third-order valence-electron chi connectivity index (χ3n) is 3.82. The molecule has 0 spiro atoms. The summed E-state index contributed by atoms with van der Waals surface area (Å²) in [6.45, 7) is 5.59. The lowest BCUT2D eigenvalue weighted by Gasteiger charge is -2.20. The van der Waals surface area contributed by atoms with Crippen LogP contribution in [0, 0.1) is 0 Å². The highest BCUT2D eigenvalue weighted by Crippen LogP contribution is 2.27. The molecular formula is C21H25Cl2N3O4S2. The number of hydrogen-bond donors (Lipinski definition) is 3. The number of ether oxygens (including phenoxy) is 1. The Balaban J connectivity index is 1.77. The largest absolute Gasteiger partial charge is 0.492 e. The Morgan fingerprint density at radius 3 is 2.34 bits per heavy atom.